The maximum absolute atomic E-state index is 9.09. The molecule has 1 nitrogen and oxygen atoms in total. The molecule has 0 aliphatic heterocycles. The molecule has 2 spiro atoms. The van der Waals surface area contributed by atoms with Gasteiger partial charge in [-0.1, -0.05) is 0 Å². The molecule has 3 saturated carbocycles. The van der Waals surface area contributed by atoms with Crippen LogP contribution in [0.2, 0.25) is 5.31 Å². The van der Waals surface area contributed by atoms with E-state index in [-0.39, 0.29) is 11.9 Å². The van der Waals surface area contributed by atoms with Gasteiger partial charge in [0.15, 0.2) is 0 Å². The fraction of sp³-hybridized carbons (Fsp3) is 1.00. The second kappa shape index (κ2) is 1.10. The van der Waals surface area contributed by atoms with Gasteiger partial charge in [0.05, 0.1) is 7.85 Å². The van der Waals surface area contributed by atoms with Crippen LogP contribution in [0.4, 0.5) is 0 Å². The van der Waals surface area contributed by atoms with Crippen LogP contribution in [-0.4, -0.2) is 19.6 Å². The van der Waals surface area contributed by atoms with Crippen molar-refractivity contribution in [2.75, 3.05) is 6.61 Å². The third-order valence-electron chi connectivity index (χ3n) is 4.31. The summed E-state index contributed by atoms with van der Waals surface area (Å²) >= 11 is 0. The van der Waals surface area contributed by atoms with Crippen LogP contribution in [0.25, 0.3) is 0 Å². The molecule has 10 heavy (non-hydrogen) atoms. The molecule has 1 N–H and O–H groups in total. The quantitative estimate of drug-likeness (QED) is 0.527. The monoisotopic (exact) mass is 134 g/mol. The normalized spacial score (nSPS) is 49.7. The lowest BCUT2D eigenvalue weighted by molar-refractivity contribution is 0.268. The summed E-state index contributed by atoms with van der Waals surface area (Å²) in [6.45, 7) is 0.215. The van der Waals surface area contributed by atoms with Gasteiger partial charge in [-0.2, -0.15) is 0 Å². The highest BCUT2D eigenvalue weighted by Gasteiger charge is 2.91. The molecule has 0 saturated heterocycles. The lowest BCUT2D eigenvalue weighted by atomic mass is 9.79. The van der Waals surface area contributed by atoms with Crippen molar-refractivity contribution in [2.45, 2.75) is 31.0 Å². The van der Waals surface area contributed by atoms with Gasteiger partial charge in [-0.05, 0) is 41.8 Å². The van der Waals surface area contributed by atoms with E-state index in [0.29, 0.717) is 10.8 Å². The molecule has 0 unspecified atom stereocenters. The van der Waals surface area contributed by atoms with E-state index in [9.17, 15) is 0 Å². The predicted molar refractivity (Wildman–Crippen MR) is 38.9 cm³/mol. The third kappa shape index (κ3) is 0.274. The molecule has 0 aromatic rings. The Hall–Kier alpha value is 0.0249. The van der Waals surface area contributed by atoms with Crippen LogP contribution in [0, 0.1) is 10.8 Å². The van der Waals surface area contributed by atoms with Crippen molar-refractivity contribution >= 4 is 7.85 Å². The summed E-state index contributed by atoms with van der Waals surface area (Å²) in [5, 5.41) is 8.95. The van der Waals surface area contributed by atoms with Crippen molar-refractivity contribution in [3.8, 4) is 0 Å². The molecule has 2 radical (unpaired) electrons. The number of fused-ring (bicyclic) bond motifs is 1. The second-order valence-corrected chi connectivity index (χ2v) is 4.29. The molecule has 3 aliphatic carbocycles. The summed E-state index contributed by atoms with van der Waals surface area (Å²) in [5.41, 5.74) is 0.878. The summed E-state index contributed by atoms with van der Waals surface area (Å²) in [6.07, 6.45) is 5.13. The Bertz CT molecular complexity index is 185. The summed E-state index contributed by atoms with van der Waals surface area (Å²) in [7, 11) is 6.08. The first-order valence-electron chi connectivity index (χ1n) is 4.12. The molecule has 0 aromatic heterocycles. The Labute approximate surface area is 62.2 Å². The lowest BCUT2D eigenvalue weighted by Crippen LogP contribution is -2.03. The van der Waals surface area contributed by atoms with Crippen LogP contribution in [0.15, 0.2) is 0 Å². The van der Waals surface area contributed by atoms with Gasteiger partial charge in [-0.25, -0.2) is 0 Å². The van der Waals surface area contributed by atoms with Gasteiger partial charge in [-0.3, -0.25) is 0 Å². The van der Waals surface area contributed by atoms with Gasteiger partial charge in [-0.15, -0.1) is 0 Å². The lowest BCUT2D eigenvalue weighted by Gasteiger charge is -2.04. The van der Waals surface area contributed by atoms with E-state index in [4.69, 9.17) is 13.0 Å². The smallest absolute Gasteiger partial charge is 0.0793 e. The first-order chi connectivity index (χ1) is 4.72. The van der Waals surface area contributed by atoms with Crippen molar-refractivity contribution < 1.29 is 5.11 Å². The van der Waals surface area contributed by atoms with Crippen LogP contribution in [0.5, 0.6) is 0 Å². The molecule has 0 heterocycles. The highest BCUT2D eigenvalue weighted by atomic mass is 16.3. The third-order valence-corrected chi connectivity index (χ3v) is 4.31. The number of aliphatic hydroxyl groups excluding tert-OH is 1. The zero-order valence-corrected chi connectivity index (χ0v) is 6.06. The molecule has 0 amide bonds. The van der Waals surface area contributed by atoms with Crippen LogP contribution >= 0.6 is 0 Å². The number of hydrogen-bond donors (Lipinski definition) is 1. The molecular weight excluding hydrogens is 123 g/mol. The summed E-state index contributed by atoms with van der Waals surface area (Å²) < 4.78 is 0. The maximum Gasteiger partial charge on any atom is 0.0793 e. The van der Waals surface area contributed by atoms with Crippen molar-refractivity contribution in [3.05, 3.63) is 0 Å². The van der Waals surface area contributed by atoms with Crippen LogP contribution in [0.3, 0.4) is 0 Å². The molecular formula is C8H11BO. The van der Waals surface area contributed by atoms with E-state index < -0.39 is 0 Å². The Morgan fingerprint density at radius 2 is 1.50 bits per heavy atom. The van der Waals surface area contributed by atoms with Gasteiger partial charge in [0.1, 0.15) is 0 Å². The van der Waals surface area contributed by atoms with Crippen molar-refractivity contribution in [2.24, 2.45) is 10.8 Å². The molecule has 52 valence electrons. The molecule has 2 heteroatoms. The largest absolute Gasteiger partial charge is 0.397 e. The van der Waals surface area contributed by atoms with E-state index in [2.05, 4.69) is 0 Å². The molecule has 3 rings (SSSR count). The maximum atomic E-state index is 9.09. The molecule has 3 aliphatic rings. The van der Waals surface area contributed by atoms with Gasteiger partial charge in [0.25, 0.3) is 0 Å². The highest BCUT2D eigenvalue weighted by Crippen LogP contribution is 3.01. The van der Waals surface area contributed by atoms with Gasteiger partial charge < -0.3 is 5.11 Å². The predicted octanol–water partition coefficient (Wildman–Crippen LogP) is 0.880. The Balaban J connectivity index is 2.02. The summed E-state index contributed by atoms with van der Waals surface area (Å²) in [5.74, 6) is 0. The van der Waals surface area contributed by atoms with Crippen molar-refractivity contribution in [1.82, 2.24) is 0 Å². The van der Waals surface area contributed by atoms with E-state index in [1.54, 1.807) is 0 Å². The Morgan fingerprint density at radius 3 is 1.60 bits per heavy atom. The molecule has 0 atom stereocenters. The Morgan fingerprint density at radius 1 is 1.10 bits per heavy atom. The van der Waals surface area contributed by atoms with Crippen LogP contribution in [0.1, 0.15) is 25.7 Å². The fourth-order valence-electron chi connectivity index (χ4n) is 3.36. The fourth-order valence-corrected chi connectivity index (χ4v) is 3.36. The standard InChI is InChI=1S/C8H11BO/c9-8(5-10)6(1-2-6)7(8)3-4-7/h10H,1-5H2. The molecule has 0 bridgehead atoms. The zero-order chi connectivity index (χ0) is 7.04. The van der Waals surface area contributed by atoms with E-state index in [0.717, 1.165) is 0 Å². The van der Waals surface area contributed by atoms with Gasteiger partial charge in [0, 0.05) is 6.61 Å². The average molecular weight is 134 g/mol. The van der Waals surface area contributed by atoms with Crippen molar-refractivity contribution in [3.63, 3.8) is 0 Å². The number of hydrogen-bond acceptors (Lipinski definition) is 1. The number of aliphatic hydroxyl groups is 1. The minimum absolute atomic E-state index is 0.139. The van der Waals surface area contributed by atoms with Crippen LogP contribution < -0.4 is 0 Å². The van der Waals surface area contributed by atoms with E-state index in [1.165, 1.54) is 25.7 Å². The van der Waals surface area contributed by atoms with Crippen LogP contribution in [-0.2, 0) is 0 Å². The average Bonchev–Trinajstić information content (AvgIpc) is 2.76. The topological polar surface area (TPSA) is 20.2 Å². The SMILES string of the molecule is [B]C1(CO)C2(CC2)C12CC2. The molecule has 3 fully saturated rings. The van der Waals surface area contributed by atoms with Gasteiger partial charge in [0.2, 0.25) is 0 Å². The van der Waals surface area contributed by atoms with E-state index >= 15 is 0 Å². The zero-order valence-electron chi connectivity index (χ0n) is 6.06. The highest BCUT2D eigenvalue weighted by molar-refractivity contribution is 6.21. The summed E-state index contributed by atoms with van der Waals surface area (Å²) in [6, 6.07) is 0. The van der Waals surface area contributed by atoms with Gasteiger partial charge >= 0.3 is 0 Å². The number of rotatable bonds is 1. The molecule has 0 aromatic carbocycles. The van der Waals surface area contributed by atoms with E-state index in [1.807, 2.05) is 0 Å². The minimum atomic E-state index is -0.139. The minimum Gasteiger partial charge on any atom is -0.397 e. The summed E-state index contributed by atoms with van der Waals surface area (Å²) in [4.78, 5) is 0. The first kappa shape index (κ1) is 5.65. The van der Waals surface area contributed by atoms with Crippen molar-refractivity contribution in [1.29, 1.82) is 0 Å². The first-order valence-corrected chi connectivity index (χ1v) is 4.12. The second-order valence-electron chi connectivity index (χ2n) is 4.29. The Kier molecular flexibility index (Phi) is 0.619.